The summed E-state index contributed by atoms with van der Waals surface area (Å²) < 4.78 is 4.95. The molecule has 2 amide bonds. The SMILES string of the molecule is C=CCN1C(=O)c2ccccc2Sc2ccc(C(=O)NCCOC)cc21. The Hall–Kier alpha value is -2.57. The number of nitrogens with one attached hydrogen (secondary N) is 1. The summed E-state index contributed by atoms with van der Waals surface area (Å²) in [5.41, 5.74) is 1.88. The molecule has 26 heavy (non-hydrogen) atoms. The van der Waals surface area contributed by atoms with Crippen LogP contribution in [0.1, 0.15) is 20.7 Å². The summed E-state index contributed by atoms with van der Waals surface area (Å²) >= 11 is 1.53. The Morgan fingerprint density at radius 3 is 2.85 bits per heavy atom. The Bertz CT molecular complexity index is 851. The van der Waals surface area contributed by atoms with Crippen molar-refractivity contribution >= 4 is 29.3 Å². The molecule has 5 nitrogen and oxygen atoms in total. The highest BCUT2D eigenvalue weighted by atomic mass is 32.2. The molecule has 0 spiro atoms. The van der Waals surface area contributed by atoms with Gasteiger partial charge in [0, 0.05) is 35.6 Å². The zero-order chi connectivity index (χ0) is 18.5. The number of hydrogen-bond acceptors (Lipinski definition) is 4. The van der Waals surface area contributed by atoms with Gasteiger partial charge in [-0.25, -0.2) is 0 Å². The van der Waals surface area contributed by atoms with E-state index in [0.29, 0.717) is 30.8 Å². The first-order valence-corrected chi connectivity index (χ1v) is 9.08. The van der Waals surface area contributed by atoms with Gasteiger partial charge < -0.3 is 15.0 Å². The van der Waals surface area contributed by atoms with Crippen LogP contribution in [0.2, 0.25) is 0 Å². The molecule has 3 rings (SSSR count). The molecule has 0 radical (unpaired) electrons. The Labute approximate surface area is 157 Å². The van der Waals surface area contributed by atoms with Crippen LogP contribution in [0.3, 0.4) is 0 Å². The molecular weight excluding hydrogens is 348 g/mol. The molecule has 2 aromatic carbocycles. The number of hydrogen-bond donors (Lipinski definition) is 1. The standard InChI is InChI=1S/C20H20N2O3S/c1-3-11-22-16-13-14(19(23)21-10-12-25-2)8-9-18(16)26-17-7-5-4-6-15(17)20(22)24/h3-9,13H,1,10-12H2,2H3,(H,21,23). The summed E-state index contributed by atoms with van der Waals surface area (Å²) in [5, 5.41) is 2.80. The van der Waals surface area contributed by atoms with Crippen molar-refractivity contribution in [3.8, 4) is 0 Å². The van der Waals surface area contributed by atoms with Gasteiger partial charge >= 0.3 is 0 Å². The first-order chi connectivity index (χ1) is 12.7. The molecule has 2 aromatic rings. The largest absolute Gasteiger partial charge is 0.383 e. The van der Waals surface area contributed by atoms with Crippen LogP contribution in [-0.2, 0) is 4.74 Å². The number of benzene rings is 2. The van der Waals surface area contributed by atoms with E-state index in [9.17, 15) is 9.59 Å². The van der Waals surface area contributed by atoms with Gasteiger partial charge in [0.2, 0.25) is 0 Å². The molecule has 1 aliphatic heterocycles. The van der Waals surface area contributed by atoms with Crippen molar-refractivity contribution < 1.29 is 14.3 Å². The lowest BCUT2D eigenvalue weighted by Crippen LogP contribution is -2.31. The van der Waals surface area contributed by atoms with Crippen LogP contribution < -0.4 is 10.2 Å². The molecular formula is C20H20N2O3S. The van der Waals surface area contributed by atoms with Gasteiger partial charge in [-0.2, -0.15) is 0 Å². The van der Waals surface area contributed by atoms with Crippen molar-refractivity contribution in [1.82, 2.24) is 5.32 Å². The average Bonchev–Trinajstić information content (AvgIpc) is 2.77. The summed E-state index contributed by atoms with van der Waals surface area (Å²) in [6, 6.07) is 13.0. The number of nitrogens with zero attached hydrogens (tertiary/aromatic N) is 1. The summed E-state index contributed by atoms with van der Waals surface area (Å²) in [6.07, 6.45) is 1.69. The van der Waals surface area contributed by atoms with Crippen LogP contribution >= 0.6 is 11.8 Å². The maximum atomic E-state index is 13.0. The van der Waals surface area contributed by atoms with Crippen LogP contribution in [0.4, 0.5) is 5.69 Å². The lowest BCUT2D eigenvalue weighted by molar-refractivity contribution is 0.0935. The van der Waals surface area contributed by atoms with Gasteiger partial charge in [-0.05, 0) is 30.3 Å². The number of methoxy groups -OCH3 is 1. The van der Waals surface area contributed by atoms with Crippen LogP contribution in [0.15, 0.2) is 64.9 Å². The van der Waals surface area contributed by atoms with E-state index in [1.807, 2.05) is 30.3 Å². The Morgan fingerprint density at radius 2 is 2.08 bits per heavy atom. The number of anilines is 1. The molecule has 134 valence electrons. The highest BCUT2D eigenvalue weighted by Gasteiger charge is 2.27. The molecule has 0 atom stereocenters. The van der Waals surface area contributed by atoms with Gasteiger partial charge in [0.15, 0.2) is 0 Å². The maximum absolute atomic E-state index is 13.0. The van der Waals surface area contributed by atoms with Crippen molar-refractivity contribution in [2.45, 2.75) is 9.79 Å². The Balaban J connectivity index is 1.99. The van der Waals surface area contributed by atoms with E-state index < -0.39 is 0 Å². The van der Waals surface area contributed by atoms with Gasteiger partial charge in [0.1, 0.15) is 0 Å². The highest BCUT2D eigenvalue weighted by molar-refractivity contribution is 7.99. The fraction of sp³-hybridized carbons (Fsp3) is 0.200. The Kier molecular flexibility index (Phi) is 5.75. The minimum Gasteiger partial charge on any atom is -0.383 e. The van der Waals surface area contributed by atoms with Gasteiger partial charge in [-0.3, -0.25) is 9.59 Å². The summed E-state index contributed by atoms with van der Waals surface area (Å²) in [4.78, 5) is 28.9. The van der Waals surface area contributed by atoms with E-state index in [4.69, 9.17) is 4.74 Å². The first-order valence-electron chi connectivity index (χ1n) is 8.26. The molecule has 0 unspecified atom stereocenters. The minimum absolute atomic E-state index is 0.0938. The van der Waals surface area contributed by atoms with Crippen LogP contribution in [0.5, 0.6) is 0 Å². The zero-order valence-electron chi connectivity index (χ0n) is 14.5. The third-order valence-corrected chi connectivity index (χ3v) is 5.14. The normalized spacial score (nSPS) is 12.8. The fourth-order valence-corrected chi connectivity index (χ4v) is 3.80. The number of ether oxygens (including phenoxy) is 1. The second kappa shape index (κ2) is 8.21. The lowest BCUT2D eigenvalue weighted by Gasteiger charge is -2.22. The monoisotopic (exact) mass is 368 g/mol. The maximum Gasteiger partial charge on any atom is 0.259 e. The zero-order valence-corrected chi connectivity index (χ0v) is 15.3. The molecule has 6 heteroatoms. The molecule has 0 bridgehead atoms. The lowest BCUT2D eigenvalue weighted by atomic mass is 10.1. The predicted octanol–water partition coefficient (Wildman–Crippen LogP) is 3.36. The predicted molar refractivity (Wildman–Crippen MR) is 103 cm³/mol. The molecule has 0 saturated heterocycles. The van der Waals surface area contributed by atoms with E-state index in [-0.39, 0.29) is 11.8 Å². The van der Waals surface area contributed by atoms with E-state index in [2.05, 4.69) is 11.9 Å². The minimum atomic E-state index is -0.192. The fourth-order valence-electron chi connectivity index (χ4n) is 2.74. The van der Waals surface area contributed by atoms with Crippen LogP contribution in [0.25, 0.3) is 0 Å². The highest BCUT2D eigenvalue weighted by Crippen LogP contribution is 2.41. The molecule has 0 aliphatic carbocycles. The van der Waals surface area contributed by atoms with E-state index in [1.54, 1.807) is 30.2 Å². The van der Waals surface area contributed by atoms with Crippen LogP contribution in [0, 0.1) is 0 Å². The van der Waals surface area contributed by atoms with Gasteiger partial charge in [-0.15, -0.1) is 6.58 Å². The second-order valence-corrected chi connectivity index (χ2v) is 6.82. The molecule has 0 saturated carbocycles. The first kappa shape index (κ1) is 18.2. The smallest absolute Gasteiger partial charge is 0.259 e. The molecule has 1 aliphatic rings. The number of rotatable bonds is 6. The van der Waals surface area contributed by atoms with Crippen molar-refractivity contribution in [3.63, 3.8) is 0 Å². The quantitative estimate of drug-likeness (QED) is 0.627. The molecule has 1 heterocycles. The van der Waals surface area contributed by atoms with Crippen molar-refractivity contribution in [2.24, 2.45) is 0 Å². The van der Waals surface area contributed by atoms with Gasteiger partial charge in [0.25, 0.3) is 11.8 Å². The Morgan fingerprint density at radius 1 is 1.27 bits per heavy atom. The molecule has 0 fully saturated rings. The summed E-state index contributed by atoms with van der Waals surface area (Å²) in [5.74, 6) is -0.286. The van der Waals surface area contributed by atoms with Crippen molar-refractivity contribution in [3.05, 3.63) is 66.2 Å². The third kappa shape index (κ3) is 3.66. The van der Waals surface area contributed by atoms with Crippen molar-refractivity contribution in [2.75, 3.05) is 31.7 Å². The summed E-state index contributed by atoms with van der Waals surface area (Å²) in [6.45, 7) is 5.01. The molecule has 1 N–H and O–H groups in total. The second-order valence-electron chi connectivity index (χ2n) is 5.73. The number of carbonyl (C=O) groups is 2. The topological polar surface area (TPSA) is 58.6 Å². The third-order valence-electron chi connectivity index (χ3n) is 4.00. The number of fused-ring (bicyclic) bond motifs is 2. The molecule has 0 aromatic heterocycles. The number of amides is 2. The van der Waals surface area contributed by atoms with E-state index in [0.717, 1.165) is 15.5 Å². The summed E-state index contributed by atoms with van der Waals surface area (Å²) in [7, 11) is 1.59. The average molecular weight is 368 g/mol. The van der Waals surface area contributed by atoms with E-state index in [1.165, 1.54) is 11.8 Å². The van der Waals surface area contributed by atoms with E-state index >= 15 is 0 Å². The van der Waals surface area contributed by atoms with Crippen molar-refractivity contribution in [1.29, 1.82) is 0 Å². The van der Waals surface area contributed by atoms with Crippen LogP contribution in [-0.4, -0.2) is 38.6 Å². The van der Waals surface area contributed by atoms with Gasteiger partial charge in [0.05, 0.1) is 17.9 Å². The van der Waals surface area contributed by atoms with Gasteiger partial charge in [-0.1, -0.05) is 30.0 Å². The number of carbonyl (C=O) groups excluding carboxylic acids is 2.